The SMILES string of the molecule is COc1cc(Oc2cnc(NCC(C)(C)O)nc2N)c(C(C)C)cc1OC. The predicted molar refractivity (Wildman–Crippen MR) is 105 cm³/mol. The minimum atomic E-state index is -0.890. The number of benzene rings is 1. The molecular weight excluding hydrogens is 348 g/mol. The molecule has 8 nitrogen and oxygen atoms in total. The first-order valence-electron chi connectivity index (χ1n) is 8.67. The smallest absolute Gasteiger partial charge is 0.224 e. The quantitative estimate of drug-likeness (QED) is 0.644. The molecule has 148 valence electrons. The van der Waals surface area contributed by atoms with E-state index in [-0.39, 0.29) is 11.7 Å². The lowest BCUT2D eigenvalue weighted by Crippen LogP contribution is -2.30. The van der Waals surface area contributed by atoms with Crippen molar-refractivity contribution in [3.8, 4) is 23.0 Å². The highest BCUT2D eigenvalue weighted by atomic mass is 16.5. The van der Waals surface area contributed by atoms with Gasteiger partial charge >= 0.3 is 0 Å². The van der Waals surface area contributed by atoms with E-state index < -0.39 is 5.60 Å². The molecule has 1 heterocycles. The van der Waals surface area contributed by atoms with Gasteiger partial charge in [-0.1, -0.05) is 13.8 Å². The van der Waals surface area contributed by atoms with Crippen molar-refractivity contribution in [2.75, 3.05) is 31.8 Å². The second-order valence-electron chi connectivity index (χ2n) is 7.11. The van der Waals surface area contributed by atoms with E-state index >= 15 is 0 Å². The summed E-state index contributed by atoms with van der Waals surface area (Å²) in [5, 5.41) is 12.7. The van der Waals surface area contributed by atoms with Crippen LogP contribution in [0.1, 0.15) is 39.2 Å². The highest BCUT2D eigenvalue weighted by Crippen LogP contribution is 2.40. The number of nitrogens with two attached hydrogens (primary N) is 1. The Morgan fingerprint density at radius 2 is 1.74 bits per heavy atom. The second-order valence-corrected chi connectivity index (χ2v) is 7.11. The van der Waals surface area contributed by atoms with Gasteiger partial charge in [-0.05, 0) is 25.8 Å². The number of rotatable bonds is 8. The van der Waals surface area contributed by atoms with E-state index in [1.165, 1.54) is 6.20 Å². The van der Waals surface area contributed by atoms with E-state index in [1.54, 1.807) is 34.1 Å². The molecule has 0 saturated heterocycles. The molecule has 27 heavy (non-hydrogen) atoms. The van der Waals surface area contributed by atoms with Crippen molar-refractivity contribution < 1.29 is 19.3 Å². The van der Waals surface area contributed by atoms with Crippen LogP contribution in [-0.4, -0.2) is 41.4 Å². The normalized spacial score (nSPS) is 11.4. The summed E-state index contributed by atoms with van der Waals surface area (Å²) in [6.45, 7) is 7.77. The number of hydrogen-bond donors (Lipinski definition) is 3. The third kappa shape index (κ3) is 5.37. The van der Waals surface area contributed by atoms with E-state index in [2.05, 4.69) is 29.1 Å². The van der Waals surface area contributed by atoms with Gasteiger partial charge in [-0.2, -0.15) is 4.98 Å². The van der Waals surface area contributed by atoms with Crippen molar-refractivity contribution in [1.82, 2.24) is 9.97 Å². The molecule has 0 spiro atoms. The summed E-state index contributed by atoms with van der Waals surface area (Å²) in [6.07, 6.45) is 1.50. The molecule has 4 N–H and O–H groups in total. The standard InChI is InChI=1S/C19H28N4O4/c1-11(2)12-7-14(25-5)15(26-6)8-13(12)27-16-9-21-18(23-17(16)20)22-10-19(3,4)24/h7-9,11,24H,10H2,1-6H3,(H3,20,21,22,23). The van der Waals surface area contributed by atoms with Crippen LogP contribution in [0, 0.1) is 0 Å². The lowest BCUT2D eigenvalue weighted by atomic mass is 10.0. The zero-order valence-corrected chi connectivity index (χ0v) is 16.7. The van der Waals surface area contributed by atoms with E-state index in [1.807, 2.05) is 6.07 Å². The zero-order valence-electron chi connectivity index (χ0n) is 16.7. The van der Waals surface area contributed by atoms with Crippen molar-refractivity contribution in [1.29, 1.82) is 0 Å². The molecule has 0 bridgehead atoms. The molecule has 2 rings (SSSR count). The van der Waals surface area contributed by atoms with Gasteiger partial charge in [-0.15, -0.1) is 0 Å². The Labute approximate surface area is 159 Å². The number of aliphatic hydroxyl groups is 1. The molecule has 0 amide bonds. The molecule has 0 aliphatic heterocycles. The predicted octanol–water partition coefficient (Wildman–Crippen LogP) is 3.17. The number of anilines is 2. The molecule has 1 aromatic carbocycles. The Morgan fingerprint density at radius 3 is 2.26 bits per heavy atom. The van der Waals surface area contributed by atoms with Crippen LogP contribution in [0.25, 0.3) is 0 Å². The van der Waals surface area contributed by atoms with Crippen molar-refractivity contribution in [2.24, 2.45) is 0 Å². The minimum absolute atomic E-state index is 0.188. The number of nitrogens with zero attached hydrogens (tertiary/aromatic N) is 2. The molecule has 0 aliphatic carbocycles. The fourth-order valence-electron chi connectivity index (χ4n) is 2.38. The van der Waals surface area contributed by atoms with Crippen LogP contribution in [0.15, 0.2) is 18.3 Å². The number of nitrogen functional groups attached to an aromatic ring is 1. The number of methoxy groups -OCH3 is 2. The van der Waals surface area contributed by atoms with Crippen molar-refractivity contribution >= 4 is 11.8 Å². The fraction of sp³-hybridized carbons (Fsp3) is 0.474. The molecule has 8 heteroatoms. The average Bonchev–Trinajstić information content (AvgIpc) is 2.60. The van der Waals surface area contributed by atoms with E-state index in [4.69, 9.17) is 19.9 Å². The average molecular weight is 376 g/mol. The van der Waals surface area contributed by atoms with Gasteiger partial charge in [0.05, 0.1) is 26.0 Å². The molecular formula is C19H28N4O4. The van der Waals surface area contributed by atoms with E-state index in [0.29, 0.717) is 35.5 Å². The molecule has 0 fully saturated rings. The summed E-state index contributed by atoms with van der Waals surface area (Å²) in [7, 11) is 3.16. The van der Waals surface area contributed by atoms with Crippen LogP contribution in [0.5, 0.6) is 23.0 Å². The van der Waals surface area contributed by atoms with Crippen molar-refractivity contribution in [2.45, 2.75) is 39.2 Å². The summed E-state index contributed by atoms with van der Waals surface area (Å²) < 4.78 is 16.7. The van der Waals surface area contributed by atoms with Gasteiger partial charge in [-0.25, -0.2) is 4.98 Å². The molecule has 0 aliphatic rings. The first-order valence-corrected chi connectivity index (χ1v) is 8.67. The lowest BCUT2D eigenvalue weighted by molar-refractivity contribution is 0.0943. The maximum atomic E-state index is 9.78. The van der Waals surface area contributed by atoms with Gasteiger partial charge in [-0.3, -0.25) is 0 Å². The van der Waals surface area contributed by atoms with Gasteiger partial charge in [0, 0.05) is 18.2 Å². The Morgan fingerprint density at radius 1 is 1.11 bits per heavy atom. The highest BCUT2D eigenvalue weighted by Gasteiger charge is 2.18. The maximum Gasteiger partial charge on any atom is 0.224 e. The molecule has 0 atom stereocenters. The van der Waals surface area contributed by atoms with Crippen LogP contribution in [-0.2, 0) is 0 Å². The number of hydrogen-bond acceptors (Lipinski definition) is 8. The monoisotopic (exact) mass is 376 g/mol. The van der Waals surface area contributed by atoms with E-state index in [0.717, 1.165) is 5.56 Å². The maximum absolute atomic E-state index is 9.78. The molecule has 0 radical (unpaired) electrons. The lowest BCUT2D eigenvalue weighted by Gasteiger charge is -2.19. The summed E-state index contributed by atoms with van der Waals surface area (Å²) in [4.78, 5) is 8.38. The van der Waals surface area contributed by atoms with Crippen LogP contribution in [0.4, 0.5) is 11.8 Å². The summed E-state index contributed by atoms with van der Waals surface area (Å²) in [5.41, 5.74) is 6.08. The van der Waals surface area contributed by atoms with Gasteiger partial charge in [0.25, 0.3) is 0 Å². The van der Waals surface area contributed by atoms with Gasteiger partial charge in [0.2, 0.25) is 5.95 Å². The summed E-state index contributed by atoms with van der Waals surface area (Å²) >= 11 is 0. The molecule has 2 aromatic rings. The van der Waals surface area contributed by atoms with E-state index in [9.17, 15) is 5.11 Å². The molecule has 1 aromatic heterocycles. The van der Waals surface area contributed by atoms with Crippen LogP contribution < -0.4 is 25.3 Å². The number of nitrogens with one attached hydrogen (secondary N) is 1. The first-order chi connectivity index (χ1) is 12.6. The molecule has 0 saturated carbocycles. The summed E-state index contributed by atoms with van der Waals surface area (Å²) in [5.74, 6) is 2.80. The second kappa shape index (κ2) is 8.30. The third-order valence-electron chi connectivity index (χ3n) is 3.82. The Bertz CT molecular complexity index is 788. The Kier molecular flexibility index (Phi) is 6.32. The number of aromatic nitrogens is 2. The molecule has 0 unspecified atom stereocenters. The van der Waals surface area contributed by atoms with Crippen molar-refractivity contribution in [3.63, 3.8) is 0 Å². The van der Waals surface area contributed by atoms with Crippen LogP contribution >= 0.6 is 0 Å². The Balaban J connectivity index is 2.30. The summed E-state index contributed by atoms with van der Waals surface area (Å²) in [6, 6.07) is 3.64. The zero-order chi connectivity index (χ0) is 20.2. The van der Waals surface area contributed by atoms with Crippen LogP contribution in [0.3, 0.4) is 0 Å². The topological polar surface area (TPSA) is 112 Å². The minimum Gasteiger partial charge on any atom is -0.493 e. The van der Waals surface area contributed by atoms with Gasteiger partial charge in [0.15, 0.2) is 23.1 Å². The first kappa shape index (κ1) is 20.6. The highest BCUT2D eigenvalue weighted by molar-refractivity contribution is 5.55. The van der Waals surface area contributed by atoms with Gasteiger partial charge < -0.3 is 30.4 Å². The van der Waals surface area contributed by atoms with Crippen molar-refractivity contribution in [3.05, 3.63) is 23.9 Å². The fourth-order valence-corrected chi connectivity index (χ4v) is 2.38. The van der Waals surface area contributed by atoms with Gasteiger partial charge in [0.1, 0.15) is 5.75 Å². The largest absolute Gasteiger partial charge is 0.493 e. The Hall–Kier alpha value is -2.74. The van der Waals surface area contributed by atoms with Crippen LogP contribution in [0.2, 0.25) is 0 Å². The number of ether oxygens (including phenoxy) is 3. The third-order valence-corrected chi connectivity index (χ3v) is 3.82.